The third-order valence-electron chi connectivity index (χ3n) is 10.2. The molecule has 0 aliphatic heterocycles. The first-order chi connectivity index (χ1) is 25.8. The largest absolute Gasteiger partial charge is 0.456 e. The van der Waals surface area contributed by atoms with Gasteiger partial charge in [0.15, 0.2) is 17.5 Å². The average molecular weight is 682 g/mol. The quantitative estimate of drug-likeness (QED) is 0.185. The normalized spacial score (nSPS) is 11.8. The van der Waals surface area contributed by atoms with E-state index in [-0.39, 0.29) is 0 Å². The van der Waals surface area contributed by atoms with Crippen LogP contribution in [0.25, 0.3) is 109 Å². The predicted molar refractivity (Wildman–Crippen MR) is 217 cm³/mol. The average Bonchev–Trinajstić information content (AvgIpc) is 3.78. The van der Waals surface area contributed by atoms with Gasteiger partial charge in [0.1, 0.15) is 11.2 Å². The summed E-state index contributed by atoms with van der Waals surface area (Å²) in [5.74, 6) is 1.86. The zero-order valence-electron chi connectivity index (χ0n) is 27.7. The molecule has 0 atom stereocenters. The number of hydrogen-bond donors (Lipinski definition) is 0. The van der Waals surface area contributed by atoms with Crippen molar-refractivity contribution in [1.82, 2.24) is 15.0 Å². The van der Waals surface area contributed by atoms with Crippen LogP contribution < -0.4 is 0 Å². The van der Waals surface area contributed by atoms with Gasteiger partial charge in [0.25, 0.3) is 0 Å². The summed E-state index contributed by atoms with van der Waals surface area (Å²) in [6.45, 7) is 0. The number of para-hydroxylation sites is 1. The molecular formula is C47H27N3OS. The van der Waals surface area contributed by atoms with E-state index in [9.17, 15) is 0 Å². The molecule has 0 aliphatic rings. The lowest BCUT2D eigenvalue weighted by Crippen LogP contribution is -2.01. The van der Waals surface area contributed by atoms with Gasteiger partial charge in [-0.05, 0) is 56.9 Å². The molecule has 0 spiro atoms. The molecule has 0 aliphatic carbocycles. The Balaban J connectivity index is 1.17. The topological polar surface area (TPSA) is 51.8 Å². The summed E-state index contributed by atoms with van der Waals surface area (Å²) in [4.78, 5) is 15.7. The van der Waals surface area contributed by atoms with Crippen molar-refractivity contribution in [3.63, 3.8) is 0 Å². The Morgan fingerprint density at radius 2 is 0.923 bits per heavy atom. The van der Waals surface area contributed by atoms with Gasteiger partial charge in [0.05, 0.1) is 0 Å². The Labute approximate surface area is 302 Å². The molecule has 0 amide bonds. The van der Waals surface area contributed by atoms with Crippen LogP contribution in [-0.2, 0) is 0 Å². The summed E-state index contributed by atoms with van der Waals surface area (Å²) in [5.41, 5.74) is 6.83. The van der Waals surface area contributed by atoms with Crippen LogP contribution in [0, 0.1) is 0 Å². The molecule has 5 heteroatoms. The lowest BCUT2D eigenvalue weighted by Gasteiger charge is -2.14. The summed E-state index contributed by atoms with van der Waals surface area (Å²) < 4.78 is 8.77. The first-order valence-electron chi connectivity index (χ1n) is 17.4. The Morgan fingerprint density at radius 3 is 1.81 bits per heavy atom. The van der Waals surface area contributed by atoms with E-state index in [2.05, 4.69) is 133 Å². The number of thiophene rings is 1. The molecule has 11 rings (SSSR count). The van der Waals surface area contributed by atoms with Crippen LogP contribution >= 0.6 is 11.3 Å². The van der Waals surface area contributed by atoms with Crippen LogP contribution in [0.15, 0.2) is 168 Å². The van der Waals surface area contributed by atoms with Crippen molar-refractivity contribution in [3.8, 4) is 45.3 Å². The van der Waals surface area contributed by atoms with E-state index in [1.165, 1.54) is 42.1 Å². The van der Waals surface area contributed by atoms with Gasteiger partial charge in [0, 0.05) is 47.6 Å². The summed E-state index contributed by atoms with van der Waals surface area (Å²) in [6.07, 6.45) is 0. The Bertz CT molecular complexity index is 3210. The van der Waals surface area contributed by atoms with E-state index in [1.54, 1.807) is 11.3 Å². The van der Waals surface area contributed by atoms with E-state index in [0.29, 0.717) is 17.5 Å². The van der Waals surface area contributed by atoms with Gasteiger partial charge in [0.2, 0.25) is 0 Å². The molecule has 3 heterocycles. The first kappa shape index (κ1) is 29.1. The molecule has 0 bridgehead atoms. The molecule has 0 saturated carbocycles. The summed E-state index contributed by atoms with van der Waals surface area (Å²) in [7, 11) is 0. The van der Waals surface area contributed by atoms with Crippen molar-refractivity contribution in [2.75, 3.05) is 0 Å². The second-order valence-electron chi connectivity index (χ2n) is 13.1. The molecule has 0 radical (unpaired) electrons. The third kappa shape index (κ3) is 4.50. The fourth-order valence-electron chi connectivity index (χ4n) is 7.77. The van der Waals surface area contributed by atoms with Crippen molar-refractivity contribution in [3.05, 3.63) is 164 Å². The lowest BCUT2D eigenvalue weighted by atomic mass is 9.92. The smallest absolute Gasteiger partial charge is 0.164 e. The molecule has 3 aromatic heterocycles. The standard InChI is InChI=1S/C47H27N3OS/c1-2-13-30-28(11-1)12-7-16-31(30)32-17-8-19-34-33(32)18-9-20-37(34)46-48-45(29-25-26-36-35-14-4-6-24-42(35)52-43(36)27-29)49-47(50-46)39-21-10-23-41-44(39)38-15-3-5-22-40(38)51-41/h1-27H. The fourth-order valence-corrected chi connectivity index (χ4v) is 8.92. The zero-order chi connectivity index (χ0) is 34.2. The maximum atomic E-state index is 6.29. The van der Waals surface area contributed by atoms with Crippen molar-refractivity contribution < 1.29 is 4.42 Å². The van der Waals surface area contributed by atoms with Gasteiger partial charge in [-0.3, -0.25) is 0 Å². The van der Waals surface area contributed by atoms with Crippen molar-refractivity contribution >= 4 is 75.0 Å². The number of aromatic nitrogens is 3. The van der Waals surface area contributed by atoms with Crippen molar-refractivity contribution in [1.29, 1.82) is 0 Å². The summed E-state index contributed by atoms with van der Waals surface area (Å²) in [5, 5.41) is 9.22. The van der Waals surface area contributed by atoms with Gasteiger partial charge in [-0.1, -0.05) is 140 Å². The van der Waals surface area contributed by atoms with Crippen LogP contribution in [0.3, 0.4) is 0 Å². The molecule has 0 unspecified atom stereocenters. The molecule has 11 aromatic rings. The van der Waals surface area contributed by atoms with E-state index >= 15 is 0 Å². The second kappa shape index (κ2) is 11.4. The maximum Gasteiger partial charge on any atom is 0.164 e. The maximum absolute atomic E-state index is 6.29. The van der Waals surface area contributed by atoms with Gasteiger partial charge < -0.3 is 4.42 Å². The van der Waals surface area contributed by atoms with Crippen LogP contribution in [0.4, 0.5) is 0 Å². The second-order valence-corrected chi connectivity index (χ2v) is 14.2. The molecule has 4 nitrogen and oxygen atoms in total. The highest BCUT2D eigenvalue weighted by molar-refractivity contribution is 7.25. The molecule has 8 aromatic carbocycles. The summed E-state index contributed by atoms with van der Waals surface area (Å²) >= 11 is 1.79. The SMILES string of the molecule is c1ccc2c(-c3cccc4c(-c5nc(-c6ccc7c(c6)sc6ccccc67)nc(-c6cccc7oc8ccccc8c67)n5)cccc34)cccc2c1. The first-order valence-corrected chi connectivity index (χ1v) is 18.2. The van der Waals surface area contributed by atoms with Crippen molar-refractivity contribution in [2.24, 2.45) is 0 Å². The zero-order valence-corrected chi connectivity index (χ0v) is 28.6. The Morgan fingerprint density at radius 1 is 0.365 bits per heavy atom. The van der Waals surface area contributed by atoms with Gasteiger partial charge in [-0.2, -0.15) is 0 Å². The van der Waals surface area contributed by atoms with E-state index < -0.39 is 0 Å². The summed E-state index contributed by atoms with van der Waals surface area (Å²) in [6, 6.07) is 57.4. The minimum absolute atomic E-state index is 0.607. The van der Waals surface area contributed by atoms with E-state index in [0.717, 1.165) is 49.4 Å². The molecule has 0 N–H and O–H groups in total. The fraction of sp³-hybridized carbons (Fsp3) is 0. The molecule has 0 fully saturated rings. The number of rotatable bonds is 4. The number of nitrogens with zero attached hydrogens (tertiary/aromatic N) is 3. The monoisotopic (exact) mass is 681 g/mol. The van der Waals surface area contributed by atoms with E-state index in [4.69, 9.17) is 19.4 Å². The molecular weight excluding hydrogens is 655 g/mol. The van der Waals surface area contributed by atoms with Crippen LogP contribution in [0.1, 0.15) is 0 Å². The van der Waals surface area contributed by atoms with E-state index in [1.807, 2.05) is 30.3 Å². The lowest BCUT2D eigenvalue weighted by molar-refractivity contribution is 0.669. The molecule has 0 saturated heterocycles. The number of benzene rings is 8. The van der Waals surface area contributed by atoms with Crippen LogP contribution in [0.5, 0.6) is 0 Å². The third-order valence-corrected chi connectivity index (χ3v) is 11.3. The number of furan rings is 1. The van der Waals surface area contributed by atoms with Gasteiger partial charge >= 0.3 is 0 Å². The number of fused-ring (bicyclic) bond motifs is 8. The minimum Gasteiger partial charge on any atom is -0.456 e. The Kier molecular flexibility index (Phi) is 6.39. The molecule has 52 heavy (non-hydrogen) atoms. The highest BCUT2D eigenvalue weighted by atomic mass is 32.1. The molecule has 242 valence electrons. The van der Waals surface area contributed by atoms with Crippen LogP contribution in [0.2, 0.25) is 0 Å². The predicted octanol–water partition coefficient (Wildman–Crippen LogP) is 13.1. The van der Waals surface area contributed by atoms with Crippen LogP contribution in [-0.4, -0.2) is 15.0 Å². The minimum atomic E-state index is 0.607. The number of hydrogen-bond acceptors (Lipinski definition) is 5. The highest BCUT2D eigenvalue weighted by Gasteiger charge is 2.20. The van der Waals surface area contributed by atoms with Crippen molar-refractivity contribution in [2.45, 2.75) is 0 Å². The Hall–Kier alpha value is -6.69. The van der Waals surface area contributed by atoms with Gasteiger partial charge in [-0.15, -0.1) is 11.3 Å². The van der Waals surface area contributed by atoms with Gasteiger partial charge in [-0.25, -0.2) is 15.0 Å². The highest BCUT2D eigenvalue weighted by Crippen LogP contribution is 2.41.